The maximum atomic E-state index is 12.3. The third-order valence-electron chi connectivity index (χ3n) is 5.80. The summed E-state index contributed by atoms with van der Waals surface area (Å²) in [5.74, 6) is 0.0696. The first kappa shape index (κ1) is 16.7. The Balaban J connectivity index is 1.75. The molecule has 4 nitrogen and oxygen atoms in total. The molecule has 0 radical (unpaired) electrons. The first-order valence-corrected chi connectivity index (χ1v) is 9.00. The third-order valence-corrected chi connectivity index (χ3v) is 5.80. The zero-order chi connectivity index (χ0) is 18.5. The molecule has 4 rings (SSSR count). The summed E-state index contributed by atoms with van der Waals surface area (Å²) in [6, 6.07) is 16.8. The summed E-state index contributed by atoms with van der Waals surface area (Å²) in [6.07, 6.45) is 4.27. The fourth-order valence-electron chi connectivity index (χ4n) is 4.24. The van der Waals surface area contributed by atoms with Gasteiger partial charge in [-0.25, -0.2) is 0 Å². The minimum Gasteiger partial charge on any atom is -0.378 e. The number of fused-ring (bicyclic) bond motifs is 3. The number of nitrogens with one attached hydrogen (secondary N) is 1. The number of rotatable bonds is 3. The van der Waals surface area contributed by atoms with Gasteiger partial charge >= 0.3 is 0 Å². The molecule has 0 aromatic heterocycles. The quantitative estimate of drug-likeness (QED) is 0.924. The van der Waals surface area contributed by atoms with Gasteiger partial charge in [-0.1, -0.05) is 50.3 Å². The van der Waals surface area contributed by atoms with Crippen molar-refractivity contribution in [1.82, 2.24) is 5.32 Å². The molecule has 2 aromatic rings. The summed E-state index contributed by atoms with van der Waals surface area (Å²) in [5.41, 5.74) is 3.95. The zero-order valence-corrected chi connectivity index (χ0v) is 15.8. The minimum absolute atomic E-state index is 0.0696. The monoisotopic (exact) mass is 347 g/mol. The first-order chi connectivity index (χ1) is 12.3. The Kier molecular flexibility index (Phi) is 3.62. The highest BCUT2D eigenvalue weighted by Gasteiger charge is 2.59. The molecular formula is C22H25N3O. The predicted molar refractivity (Wildman–Crippen MR) is 107 cm³/mol. The number of anilines is 2. The zero-order valence-electron chi connectivity index (χ0n) is 15.8. The average Bonchev–Trinajstić information content (AvgIpc) is 3.05. The van der Waals surface area contributed by atoms with Crippen LogP contribution in [-0.2, 0) is 10.2 Å². The van der Waals surface area contributed by atoms with E-state index in [4.69, 9.17) is 0 Å². The van der Waals surface area contributed by atoms with Gasteiger partial charge in [0.25, 0.3) is 0 Å². The lowest BCUT2D eigenvalue weighted by molar-refractivity contribution is -0.118. The summed E-state index contributed by atoms with van der Waals surface area (Å²) in [5, 5.41) is 3.26. The molecule has 0 aliphatic carbocycles. The predicted octanol–water partition coefficient (Wildman–Crippen LogP) is 3.39. The maximum Gasteiger partial charge on any atom is 0.241 e. The molecular weight excluding hydrogens is 322 g/mol. The van der Waals surface area contributed by atoms with Gasteiger partial charge in [0.05, 0.1) is 6.54 Å². The molecule has 2 aliphatic heterocycles. The van der Waals surface area contributed by atoms with Crippen LogP contribution in [0.5, 0.6) is 0 Å². The Labute approximate surface area is 155 Å². The van der Waals surface area contributed by atoms with Crippen molar-refractivity contribution in [1.29, 1.82) is 0 Å². The largest absolute Gasteiger partial charge is 0.378 e. The van der Waals surface area contributed by atoms with Gasteiger partial charge < -0.3 is 15.1 Å². The van der Waals surface area contributed by atoms with Crippen molar-refractivity contribution in [3.05, 3.63) is 65.7 Å². The van der Waals surface area contributed by atoms with E-state index < -0.39 is 5.66 Å². The second-order valence-corrected chi connectivity index (χ2v) is 7.86. The second-order valence-electron chi connectivity index (χ2n) is 7.86. The second kappa shape index (κ2) is 5.63. The SMILES string of the molecule is CN(C)c1ccc(C=C[C@]23NC(=O)CN2c2ccccc2C3(C)C)cc1. The molecule has 1 atom stereocenters. The maximum absolute atomic E-state index is 12.3. The van der Waals surface area contributed by atoms with Crippen molar-refractivity contribution in [3.8, 4) is 0 Å². The normalized spacial score (nSPS) is 23.1. The van der Waals surface area contributed by atoms with Crippen molar-refractivity contribution in [2.75, 3.05) is 30.4 Å². The van der Waals surface area contributed by atoms with Crippen LogP contribution >= 0.6 is 0 Å². The summed E-state index contributed by atoms with van der Waals surface area (Å²) in [6.45, 7) is 4.80. The van der Waals surface area contributed by atoms with Crippen LogP contribution in [0.15, 0.2) is 54.6 Å². The molecule has 4 heteroatoms. The van der Waals surface area contributed by atoms with Gasteiger partial charge in [0.15, 0.2) is 0 Å². The van der Waals surface area contributed by atoms with E-state index in [1.54, 1.807) is 0 Å². The summed E-state index contributed by atoms with van der Waals surface area (Å²) in [4.78, 5) is 16.6. The van der Waals surface area contributed by atoms with E-state index in [0.29, 0.717) is 6.54 Å². The molecule has 2 aliphatic rings. The van der Waals surface area contributed by atoms with Crippen LogP contribution in [0.4, 0.5) is 11.4 Å². The molecule has 2 heterocycles. The highest BCUT2D eigenvalue weighted by molar-refractivity contribution is 5.91. The van der Waals surface area contributed by atoms with E-state index in [0.717, 1.165) is 11.3 Å². The number of amides is 1. The lowest BCUT2D eigenvalue weighted by Crippen LogP contribution is -2.58. The van der Waals surface area contributed by atoms with Crippen LogP contribution in [0.2, 0.25) is 0 Å². The molecule has 26 heavy (non-hydrogen) atoms. The fourth-order valence-corrected chi connectivity index (χ4v) is 4.24. The standard InChI is InChI=1S/C22H25N3O/c1-21(2)18-7-5-6-8-19(18)25-15-20(26)23-22(21,25)14-13-16-9-11-17(12-10-16)24(3)4/h5-14H,15H2,1-4H3,(H,23,26)/t22-/m0/s1. The summed E-state index contributed by atoms with van der Waals surface area (Å²) in [7, 11) is 4.07. The Bertz CT molecular complexity index is 883. The molecule has 1 saturated heterocycles. The van der Waals surface area contributed by atoms with Gasteiger partial charge in [-0.05, 0) is 35.4 Å². The van der Waals surface area contributed by atoms with Crippen molar-refractivity contribution >= 4 is 23.4 Å². The number of nitrogens with zero attached hydrogens (tertiary/aromatic N) is 2. The van der Waals surface area contributed by atoms with Crippen LogP contribution in [0.25, 0.3) is 6.08 Å². The first-order valence-electron chi connectivity index (χ1n) is 9.00. The number of carbonyl (C=O) groups is 1. The van der Waals surface area contributed by atoms with Crippen molar-refractivity contribution in [3.63, 3.8) is 0 Å². The van der Waals surface area contributed by atoms with Crippen LogP contribution in [-0.4, -0.2) is 32.2 Å². The molecule has 1 N–H and O–H groups in total. The minimum atomic E-state index is -0.534. The summed E-state index contributed by atoms with van der Waals surface area (Å²) < 4.78 is 0. The van der Waals surface area contributed by atoms with Gasteiger partial charge in [0.1, 0.15) is 5.66 Å². The van der Waals surface area contributed by atoms with Crippen molar-refractivity contribution < 1.29 is 4.79 Å². The molecule has 0 saturated carbocycles. The Morgan fingerprint density at radius 1 is 1.08 bits per heavy atom. The van der Waals surface area contributed by atoms with Crippen molar-refractivity contribution in [2.24, 2.45) is 0 Å². The summed E-state index contributed by atoms with van der Waals surface area (Å²) >= 11 is 0. The highest BCUT2D eigenvalue weighted by Crippen LogP contribution is 2.52. The number of para-hydroxylation sites is 1. The third kappa shape index (κ3) is 2.25. The smallest absolute Gasteiger partial charge is 0.241 e. The van der Waals surface area contributed by atoms with Gasteiger partial charge in [-0.2, -0.15) is 0 Å². The highest BCUT2D eigenvalue weighted by atomic mass is 16.2. The van der Waals surface area contributed by atoms with Crippen LogP contribution in [0.1, 0.15) is 25.0 Å². The lowest BCUT2D eigenvalue weighted by atomic mass is 9.75. The van der Waals surface area contributed by atoms with Crippen LogP contribution in [0.3, 0.4) is 0 Å². The number of carbonyl (C=O) groups excluding carboxylic acids is 1. The fraction of sp³-hybridized carbons (Fsp3) is 0.318. The van der Waals surface area contributed by atoms with Crippen molar-refractivity contribution in [2.45, 2.75) is 24.9 Å². The average molecular weight is 347 g/mol. The van der Waals surface area contributed by atoms with E-state index in [1.165, 1.54) is 11.3 Å². The molecule has 1 amide bonds. The number of hydrogen-bond acceptors (Lipinski definition) is 3. The Morgan fingerprint density at radius 3 is 2.46 bits per heavy atom. The molecule has 134 valence electrons. The molecule has 1 fully saturated rings. The molecule has 0 bridgehead atoms. The molecule has 0 spiro atoms. The van der Waals surface area contributed by atoms with Gasteiger partial charge in [0, 0.05) is 30.9 Å². The van der Waals surface area contributed by atoms with Gasteiger partial charge in [-0.3, -0.25) is 4.79 Å². The van der Waals surface area contributed by atoms with E-state index in [-0.39, 0.29) is 11.3 Å². The molecule has 2 aromatic carbocycles. The topological polar surface area (TPSA) is 35.6 Å². The van der Waals surface area contributed by atoms with E-state index in [9.17, 15) is 4.79 Å². The van der Waals surface area contributed by atoms with E-state index in [1.807, 2.05) is 20.2 Å². The molecule has 0 unspecified atom stereocenters. The van der Waals surface area contributed by atoms with Crippen LogP contribution in [0, 0.1) is 0 Å². The number of benzene rings is 2. The van der Waals surface area contributed by atoms with Crippen LogP contribution < -0.4 is 15.1 Å². The lowest BCUT2D eigenvalue weighted by Gasteiger charge is -2.40. The Hall–Kier alpha value is -2.75. The van der Waals surface area contributed by atoms with Gasteiger partial charge in [-0.15, -0.1) is 0 Å². The number of hydrogen-bond donors (Lipinski definition) is 1. The van der Waals surface area contributed by atoms with E-state index in [2.05, 4.69) is 83.6 Å². The van der Waals surface area contributed by atoms with E-state index >= 15 is 0 Å². The van der Waals surface area contributed by atoms with Gasteiger partial charge in [0.2, 0.25) is 5.91 Å². The Morgan fingerprint density at radius 2 is 1.77 bits per heavy atom.